The molecule has 1 heterocycles. The molecule has 0 fully saturated rings. The lowest BCUT2D eigenvalue weighted by Gasteiger charge is -2.25. The third-order valence-electron chi connectivity index (χ3n) is 2.62. The molecule has 0 aromatic heterocycles. The smallest absolute Gasteiger partial charge is 0.296 e. The highest BCUT2D eigenvalue weighted by Gasteiger charge is 2.23. The van der Waals surface area contributed by atoms with Crippen molar-refractivity contribution in [3.63, 3.8) is 0 Å². The van der Waals surface area contributed by atoms with Crippen molar-refractivity contribution in [3.05, 3.63) is 22.2 Å². The summed E-state index contributed by atoms with van der Waals surface area (Å²) in [4.78, 5) is -0.0521. The lowest BCUT2D eigenvalue weighted by atomic mass is 9.96. The summed E-state index contributed by atoms with van der Waals surface area (Å²) in [6.45, 7) is 2.81. The molecular formula is C10H12BrNO3S. The molecule has 1 aromatic carbocycles. The van der Waals surface area contributed by atoms with Crippen LogP contribution in [-0.4, -0.2) is 19.5 Å². The summed E-state index contributed by atoms with van der Waals surface area (Å²) >= 11 is 3.25. The number of halogens is 1. The lowest BCUT2D eigenvalue weighted by molar-refractivity contribution is 0.482. The van der Waals surface area contributed by atoms with Crippen molar-refractivity contribution in [1.82, 2.24) is 0 Å². The SMILES string of the molecule is C[C@H]1CNc2c(cc(Br)cc2S(=O)(=O)O)C1. The molecular weight excluding hydrogens is 294 g/mol. The second kappa shape index (κ2) is 4.01. The summed E-state index contributed by atoms with van der Waals surface area (Å²) in [6, 6.07) is 3.30. The van der Waals surface area contributed by atoms with Gasteiger partial charge < -0.3 is 5.32 Å². The predicted molar refractivity (Wildman–Crippen MR) is 65.3 cm³/mol. The van der Waals surface area contributed by atoms with Gasteiger partial charge in [-0.3, -0.25) is 4.55 Å². The number of hydrogen-bond acceptors (Lipinski definition) is 3. The fourth-order valence-corrected chi connectivity index (χ4v) is 3.32. The first-order valence-corrected chi connectivity index (χ1v) is 7.15. The van der Waals surface area contributed by atoms with Crippen molar-refractivity contribution in [1.29, 1.82) is 0 Å². The zero-order valence-corrected chi connectivity index (χ0v) is 11.1. The van der Waals surface area contributed by atoms with E-state index in [1.54, 1.807) is 0 Å². The van der Waals surface area contributed by atoms with Crippen LogP contribution in [0.15, 0.2) is 21.5 Å². The van der Waals surface area contributed by atoms with Gasteiger partial charge in [0.05, 0.1) is 5.69 Å². The van der Waals surface area contributed by atoms with Gasteiger partial charge in [0.15, 0.2) is 0 Å². The Morgan fingerprint density at radius 1 is 1.50 bits per heavy atom. The van der Waals surface area contributed by atoms with Crippen molar-refractivity contribution in [2.24, 2.45) is 5.92 Å². The van der Waals surface area contributed by atoms with E-state index < -0.39 is 10.1 Å². The molecule has 0 radical (unpaired) electrons. The highest BCUT2D eigenvalue weighted by atomic mass is 79.9. The van der Waals surface area contributed by atoms with Gasteiger partial charge in [-0.15, -0.1) is 0 Å². The third-order valence-corrected chi connectivity index (χ3v) is 3.96. The zero-order valence-electron chi connectivity index (χ0n) is 8.70. The van der Waals surface area contributed by atoms with Gasteiger partial charge in [-0.25, -0.2) is 0 Å². The molecule has 2 rings (SSSR count). The van der Waals surface area contributed by atoms with Crippen molar-refractivity contribution < 1.29 is 13.0 Å². The number of benzene rings is 1. The van der Waals surface area contributed by atoms with Crippen LogP contribution in [0.1, 0.15) is 12.5 Å². The lowest BCUT2D eigenvalue weighted by Crippen LogP contribution is -2.22. The minimum atomic E-state index is -4.18. The number of fused-ring (bicyclic) bond motifs is 1. The third kappa shape index (κ3) is 2.23. The van der Waals surface area contributed by atoms with Crippen LogP contribution in [0, 0.1) is 5.92 Å². The molecule has 0 bridgehead atoms. The van der Waals surface area contributed by atoms with E-state index in [9.17, 15) is 8.42 Å². The highest BCUT2D eigenvalue weighted by molar-refractivity contribution is 9.10. The maximum atomic E-state index is 11.2. The molecule has 1 aliphatic rings. The molecule has 0 spiro atoms. The van der Waals surface area contributed by atoms with Crippen LogP contribution in [0.4, 0.5) is 5.69 Å². The van der Waals surface area contributed by atoms with E-state index >= 15 is 0 Å². The maximum Gasteiger partial charge on any atom is 0.296 e. The van der Waals surface area contributed by atoms with Crippen LogP contribution >= 0.6 is 15.9 Å². The molecule has 0 aliphatic carbocycles. The first-order valence-electron chi connectivity index (χ1n) is 4.91. The summed E-state index contributed by atoms with van der Waals surface area (Å²) in [5.41, 5.74) is 1.45. The summed E-state index contributed by atoms with van der Waals surface area (Å²) < 4.78 is 32.3. The quantitative estimate of drug-likeness (QED) is 0.781. The molecule has 88 valence electrons. The molecule has 1 aromatic rings. The van der Waals surface area contributed by atoms with Crippen LogP contribution in [-0.2, 0) is 16.5 Å². The van der Waals surface area contributed by atoms with Crippen LogP contribution in [0.25, 0.3) is 0 Å². The average Bonchev–Trinajstić information content (AvgIpc) is 2.14. The molecule has 0 saturated carbocycles. The fraction of sp³-hybridized carbons (Fsp3) is 0.400. The Morgan fingerprint density at radius 3 is 2.81 bits per heavy atom. The van der Waals surface area contributed by atoms with E-state index in [0.29, 0.717) is 16.1 Å². The second-order valence-electron chi connectivity index (χ2n) is 4.10. The summed E-state index contributed by atoms with van der Waals surface area (Å²) in [6.07, 6.45) is 0.810. The summed E-state index contributed by atoms with van der Waals surface area (Å²) in [7, 11) is -4.18. The Hall–Kier alpha value is -0.590. The van der Waals surface area contributed by atoms with E-state index in [0.717, 1.165) is 18.5 Å². The van der Waals surface area contributed by atoms with Crippen LogP contribution in [0.2, 0.25) is 0 Å². The highest BCUT2D eigenvalue weighted by Crippen LogP contribution is 2.34. The van der Waals surface area contributed by atoms with Gasteiger partial charge in [-0.1, -0.05) is 22.9 Å². The fourth-order valence-electron chi connectivity index (χ4n) is 1.92. The molecule has 6 heteroatoms. The number of hydrogen-bond donors (Lipinski definition) is 2. The normalized spacial score (nSPS) is 20.1. The Balaban J connectivity index is 2.64. The van der Waals surface area contributed by atoms with Crippen molar-refractivity contribution in [2.45, 2.75) is 18.2 Å². The Kier molecular flexibility index (Phi) is 2.98. The topological polar surface area (TPSA) is 66.4 Å². The largest absolute Gasteiger partial charge is 0.383 e. The van der Waals surface area contributed by atoms with E-state index in [-0.39, 0.29) is 4.90 Å². The summed E-state index contributed by atoms with van der Waals surface area (Å²) in [5.74, 6) is 0.455. The first-order chi connectivity index (χ1) is 7.38. The van der Waals surface area contributed by atoms with Gasteiger partial charge in [-0.2, -0.15) is 8.42 Å². The van der Waals surface area contributed by atoms with E-state index in [1.165, 1.54) is 6.07 Å². The molecule has 2 N–H and O–H groups in total. The van der Waals surface area contributed by atoms with Gasteiger partial charge in [-0.05, 0) is 30.0 Å². The molecule has 0 saturated heterocycles. The van der Waals surface area contributed by atoms with E-state index in [2.05, 4.69) is 28.2 Å². The zero-order chi connectivity index (χ0) is 11.9. The van der Waals surface area contributed by atoms with Gasteiger partial charge in [0.2, 0.25) is 0 Å². The Morgan fingerprint density at radius 2 is 2.19 bits per heavy atom. The van der Waals surface area contributed by atoms with Gasteiger partial charge in [0, 0.05) is 11.0 Å². The second-order valence-corrected chi connectivity index (χ2v) is 6.41. The molecule has 4 nitrogen and oxygen atoms in total. The minimum Gasteiger partial charge on any atom is -0.383 e. The van der Waals surface area contributed by atoms with E-state index in [4.69, 9.17) is 4.55 Å². The van der Waals surface area contributed by atoms with Crippen LogP contribution in [0.5, 0.6) is 0 Å². The van der Waals surface area contributed by atoms with Crippen LogP contribution < -0.4 is 5.32 Å². The Bertz CT molecular complexity index is 527. The van der Waals surface area contributed by atoms with Crippen molar-refractivity contribution >= 4 is 31.7 Å². The molecule has 0 amide bonds. The summed E-state index contributed by atoms with van der Waals surface area (Å²) in [5, 5.41) is 3.05. The average molecular weight is 306 g/mol. The first kappa shape index (κ1) is 11.9. The molecule has 1 atom stereocenters. The monoisotopic (exact) mass is 305 g/mol. The number of nitrogens with one attached hydrogen (secondary N) is 1. The van der Waals surface area contributed by atoms with Gasteiger partial charge in [0.25, 0.3) is 10.1 Å². The predicted octanol–water partition coefficient (Wildman–Crippen LogP) is 2.30. The molecule has 1 aliphatic heterocycles. The standard InChI is InChI=1S/C10H12BrNO3S/c1-6-2-7-3-8(11)4-9(16(13,14)15)10(7)12-5-6/h3-4,6,12H,2,5H2,1H3,(H,13,14,15)/t6-/m1/s1. The maximum absolute atomic E-state index is 11.2. The van der Waals surface area contributed by atoms with Crippen LogP contribution in [0.3, 0.4) is 0 Å². The number of rotatable bonds is 1. The Labute approximate surface area is 103 Å². The van der Waals surface area contributed by atoms with Gasteiger partial charge >= 0.3 is 0 Å². The number of anilines is 1. The van der Waals surface area contributed by atoms with Gasteiger partial charge in [0.1, 0.15) is 4.90 Å². The van der Waals surface area contributed by atoms with Crippen molar-refractivity contribution in [2.75, 3.05) is 11.9 Å². The van der Waals surface area contributed by atoms with Crippen molar-refractivity contribution in [3.8, 4) is 0 Å². The molecule has 0 unspecified atom stereocenters. The van der Waals surface area contributed by atoms with E-state index in [1.807, 2.05) is 6.07 Å². The minimum absolute atomic E-state index is 0.0521. The molecule has 16 heavy (non-hydrogen) atoms.